The van der Waals surface area contributed by atoms with Gasteiger partial charge in [-0.15, -0.1) is 5.10 Å². The van der Waals surface area contributed by atoms with E-state index < -0.39 is 17.7 Å². The van der Waals surface area contributed by atoms with E-state index in [1.54, 1.807) is 6.07 Å². The highest BCUT2D eigenvalue weighted by Crippen LogP contribution is 2.36. The number of anilines is 3. The number of benzene rings is 2. The average molecular weight is 440 g/mol. The van der Waals surface area contributed by atoms with Crippen molar-refractivity contribution in [3.8, 4) is 0 Å². The first-order valence-electron chi connectivity index (χ1n) is 10.2. The molecule has 166 valence electrons. The van der Waals surface area contributed by atoms with Gasteiger partial charge in [-0.2, -0.15) is 4.68 Å². The van der Waals surface area contributed by atoms with Gasteiger partial charge in [0, 0.05) is 36.6 Å². The number of ether oxygens (including phenoxy) is 1. The number of nitrogens with zero attached hydrogens (tertiary/aromatic N) is 2. The predicted octanol–water partition coefficient (Wildman–Crippen LogP) is 5.18. The molecule has 0 bridgehead atoms. The van der Waals surface area contributed by atoms with Gasteiger partial charge < -0.3 is 15.4 Å². The molecule has 2 aromatic carbocycles. The molecule has 1 amide bonds. The van der Waals surface area contributed by atoms with E-state index in [4.69, 9.17) is 4.74 Å². The van der Waals surface area contributed by atoms with Gasteiger partial charge in [-0.3, -0.25) is 4.79 Å². The fourth-order valence-corrected chi connectivity index (χ4v) is 3.83. The molecule has 3 aromatic rings. The van der Waals surface area contributed by atoms with Crippen LogP contribution in [-0.4, -0.2) is 27.9 Å². The van der Waals surface area contributed by atoms with Gasteiger partial charge in [-0.05, 0) is 55.0 Å². The second-order valence-electron chi connectivity index (χ2n) is 7.69. The minimum absolute atomic E-state index is 0.0362. The highest BCUT2D eigenvalue weighted by molar-refractivity contribution is 5.90. The lowest BCUT2D eigenvalue weighted by atomic mass is 9.97. The summed E-state index contributed by atoms with van der Waals surface area (Å²) >= 11 is 0. The standard InChI is InChI=1S/C23H22F2N4O3/c1-14(30)32-19-8-4-16(12-19)15-2-5-17(6-3-15)27-23(31)29-11-10-22(28-29)26-18-7-9-20(24)21(25)13-18/h2-3,5-7,9-11,13,16,19H,4,8,12H2,1H3,(H,26,28)(H,27,31)/t16-,19?/m1/s1. The Labute approximate surface area is 183 Å². The van der Waals surface area contributed by atoms with Crippen LogP contribution in [-0.2, 0) is 9.53 Å². The highest BCUT2D eigenvalue weighted by atomic mass is 19.2. The molecule has 9 heteroatoms. The SMILES string of the molecule is CC(=O)OC1CC[C@@H](c2ccc(NC(=O)n3ccc(Nc4ccc(F)c(F)c4)n3)cc2)C1. The Kier molecular flexibility index (Phi) is 6.16. The lowest BCUT2D eigenvalue weighted by Crippen LogP contribution is -2.20. The number of nitrogens with one attached hydrogen (secondary N) is 2. The van der Waals surface area contributed by atoms with Crippen molar-refractivity contribution in [2.45, 2.75) is 38.2 Å². The number of esters is 1. The van der Waals surface area contributed by atoms with Crippen LogP contribution in [0.1, 0.15) is 37.7 Å². The van der Waals surface area contributed by atoms with Crippen molar-refractivity contribution in [1.29, 1.82) is 0 Å². The molecule has 2 N–H and O–H groups in total. The molecule has 1 saturated carbocycles. The smallest absolute Gasteiger partial charge is 0.346 e. The molecule has 0 spiro atoms. The molecule has 1 fully saturated rings. The van der Waals surface area contributed by atoms with E-state index in [0.717, 1.165) is 41.6 Å². The van der Waals surface area contributed by atoms with E-state index in [-0.39, 0.29) is 12.1 Å². The zero-order valence-electron chi connectivity index (χ0n) is 17.3. The van der Waals surface area contributed by atoms with Crippen LogP contribution in [0.25, 0.3) is 0 Å². The summed E-state index contributed by atoms with van der Waals surface area (Å²) in [6.07, 6.45) is 4.02. The normalized spacial score (nSPS) is 17.7. The molecule has 0 aliphatic heterocycles. The third kappa shape index (κ3) is 5.11. The average Bonchev–Trinajstić information content (AvgIpc) is 3.41. The third-order valence-electron chi connectivity index (χ3n) is 5.34. The Morgan fingerprint density at radius 2 is 1.78 bits per heavy atom. The summed E-state index contributed by atoms with van der Waals surface area (Å²) in [7, 11) is 0. The number of hydrogen-bond acceptors (Lipinski definition) is 5. The summed E-state index contributed by atoms with van der Waals surface area (Å²) in [5.41, 5.74) is 2.06. The fraction of sp³-hybridized carbons (Fsp3) is 0.261. The highest BCUT2D eigenvalue weighted by Gasteiger charge is 2.27. The van der Waals surface area contributed by atoms with Crippen LogP contribution in [0, 0.1) is 11.6 Å². The van der Waals surface area contributed by atoms with Crippen LogP contribution in [0.2, 0.25) is 0 Å². The molecule has 1 unspecified atom stereocenters. The first-order chi connectivity index (χ1) is 15.4. The van der Waals surface area contributed by atoms with Gasteiger partial charge in [0.05, 0.1) is 0 Å². The summed E-state index contributed by atoms with van der Waals surface area (Å²) in [6.45, 7) is 1.42. The van der Waals surface area contributed by atoms with E-state index in [0.29, 0.717) is 23.1 Å². The Balaban J connectivity index is 1.34. The van der Waals surface area contributed by atoms with Gasteiger partial charge in [-0.1, -0.05) is 12.1 Å². The van der Waals surface area contributed by atoms with Gasteiger partial charge in [0.25, 0.3) is 0 Å². The van der Waals surface area contributed by atoms with Crippen LogP contribution in [0.15, 0.2) is 54.7 Å². The van der Waals surface area contributed by atoms with Crippen molar-refractivity contribution in [3.05, 3.63) is 71.9 Å². The van der Waals surface area contributed by atoms with Crippen molar-refractivity contribution in [1.82, 2.24) is 9.78 Å². The van der Waals surface area contributed by atoms with E-state index >= 15 is 0 Å². The van der Waals surface area contributed by atoms with E-state index in [1.165, 1.54) is 19.2 Å². The van der Waals surface area contributed by atoms with Crippen molar-refractivity contribution in [2.75, 3.05) is 10.6 Å². The maximum Gasteiger partial charge on any atom is 0.346 e. The van der Waals surface area contributed by atoms with Crippen molar-refractivity contribution in [3.63, 3.8) is 0 Å². The third-order valence-corrected chi connectivity index (χ3v) is 5.34. The Morgan fingerprint density at radius 1 is 1.03 bits per heavy atom. The zero-order valence-corrected chi connectivity index (χ0v) is 17.3. The molecule has 0 radical (unpaired) electrons. The van der Waals surface area contributed by atoms with Crippen LogP contribution < -0.4 is 10.6 Å². The molecule has 0 saturated heterocycles. The molecule has 1 aromatic heterocycles. The molecule has 7 nitrogen and oxygen atoms in total. The second kappa shape index (κ2) is 9.17. The Morgan fingerprint density at radius 3 is 2.50 bits per heavy atom. The zero-order chi connectivity index (χ0) is 22.7. The number of carbonyl (C=O) groups excluding carboxylic acids is 2. The van der Waals surface area contributed by atoms with Crippen molar-refractivity contribution >= 4 is 29.2 Å². The largest absolute Gasteiger partial charge is 0.463 e. The van der Waals surface area contributed by atoms with Gasteiger partial charge in [0.1, 0.15) is 6.10 Å². The van der Waals surface area contributed by atoms with Crippen LogP contribution >= 0.6 is 0 Å². The number of rotatable bonds is 5. The molecule has 1 aliphatic rings. The van der Waals surface area contributed by atoms with E-state index in [2.05, 4.69) is 15.7 Å². The van der Waals surface area contributed by atoms with Gasteiger partial charge in [0.2, 0.25) is 0 Å². The summed E-state index contributed by atoms with van der Waals surface area (Å²) < 4.78 is 32.8. The lowest BCUT2D eigenvalue weighted by Gasteiger charge is -2.13. The van der Waals surface area contributed by atoms with Gasteiger partial charge in [0.15, 0.2) is 17.5 Å². The molecule has 1 heterocycles. The summed E-state index contributed by atoms with van der Waals surface area (Å²) in [5.74, 6) is -1.54. The minimum Gasteiger partial charge on any atom is -0.463 e. The number of amides is 1. The quantitative estimate of drug-likeness (QED) is 0.534. The van der Waals surface area contributed by atoms with Gasteiger partial charge >= 0.3 is 12.0 Å². The molecule has 4 rings (SSSR count). The van der Waals surface area contributed by atoms with Crippen LogP contribution in [0.4, 0.5) is 30.8 Å². The van der Waals surface area contributed by atoms with Crippen molar-refractivity contribution in [2.24, 2.45) is 0 Å². The van der Waals surface area contributed by atoms with Crippen LogP contribution in [0.3, 0.4) is 0 Å². The van der Waals surface area contributed by atoms with Crippen LogP contribution in [0.5, 0.6) is 0 Å². The Bertz CT molecular complexity index is 1130. The molecule has 32 heavy (non-hydrogen) atoms. The van der Waals surface area contributed by atoms with Gasteiger partial charge in [-0.25, -0.2) is 13.6 Å². The summed E-state index contributed by atoms with van der Waals surface area (Å²) in [5, 5.41) is 9.68. The number of aromatic nitrogens is 2. The Hall–Kier alpha value is -3.75. The predicted molar refractivity (Wildman–Crippen MR) is 115 cm³/mol. The van der Waals surface area contributed by atoms with E-state index in [1.807, 2.05) is 24.3 Å². The molecular weight excluding hydrogens is 418 g/mol. The maximum absolute atomic E-state index is 13.3. The summed E-state index contributed by atoms with van der Waals surface area (Å²) in [6, 6.07) is 12.0. The number of hydrogen-bond donors (Lipinski definition) is 2. The fourth-order valence-electron chi connectivity index (χ4n) is 3.83. The van der Waals surface area contributed by atoms with Crippen molar-refractivity contribution < 1.29 is 23.1 Å². The monoisotopic (exact) mass is 440 g/mol. The topological polar surface area (TPSA) is 85.2 Å². The lowest BCUT2D eigenvalue weighted by molar-refractivity contribution is -0.145. The molecular formula is C23H22F2N4O3. The molecule has 1 aliphatic carbocycles. The first-order valence-corrected chi connectivity index (χ1v) is 10.2. The number of carbonyl (C=O) groups is 2. The number of halogens is 2. The summed E-state index contributed by atoms with van der Waals surface area (Å²) in [4.78, 5) is 23.6. The minimum atomic E-state index is -0.977. The maximum atomic E-state index is 13.3. The van der Waals surface area contributed by atoms with E-state index in [9.17, 15) is 18.4 Å². The second-order valence-corrected chi connectivity index (χ2v) is 7.69. The molecule has 2 atom stereocenters. The first kappa shape index (κ1) is 21.5.